The molecule has 2 rings (SSSR count). The molecule has 4 nitrogen and oxygen atoms in total. The van der Waals surface area contributed by atoms with Crippen LogP contribution in [-0.4, -0.2) is 16.6 Å². The van der Waals surface area contributed by atoms with Gasteiger partial charge in [0.05, 0.1) is 22.4 Å². The Balaban J connectivity index is 2.22. The Bertz CT molecular complexity index is 795. The maximum atomic E-state index is 12.3. The molecule has 1 aromatic carbocycles. The van der Waals surface area contributed by atoms with E-state index in [0.717, 1.165) is 5.56 Å². The lowest BCUT2D eigenvalue weighted by Crippen LogP contribution is -2.25. The van der Waals surface area contributed by atoms with Crippen LogP contribution in [0.3, 0.4) is 0 Å². The first-order valence-corrected chi connectivity index (χ1v) is 8.04. The minimum absolute atomic E-state index is 0.253. The van der Waals surface area contributed by atoms with Crippen molar-refractivity contribution in [2.45, 2.75) is 26.4 Å². The van der Waals surface area contributed by atoms with Crippen LogP contribution in [0.2, 0.25) is 5.02 Å². The largest absolute Gasteiger partial charge is 0.469 e. The fourth-order valence-corrected chi connectivity index (χ4v) is 2.44. The van der Waals surface area contributed by atoms with Gasteiger partial charge in [0.15, 0.2) is 0 Å². The average molecular weight is 364 g/mol. The topological polar surface area (TPSA) is 51.5 Å². The first kappa shape index (κ1) is 18.2. The smallest absolute Gasteiger partial charge is 0.340 e. The maximum absolute atomic E-state index is 12.3. The summed E-state index contributed by atoms with van der Waals surface area (Å²) >= 11 is 11.5. The van der Waals surface area contributed by atoms with Crippen LogP contribution in [0.1, 0.15) is 35.5 Å². The number of thiocarbonyl (C=S) groups is 1. The van der Waals surface area contributed by atoms with E-state index in [4.69, 9.17) is 33.0 Å². The molecule has 2 aromatic rings. The summed E-state index contributed by atoms with van der Waals surface area (Å²) in [5, 5.41) is 3.37. The summed E-state index contributed by atoms with van der Waals surface area (Å²) in [5.74, 6) is 0.188. The first-order chi connectivity index (χ1) is 11.2. The third-order valence-corrected chi connectivity index (χ3v) is 4.05. The van der Waals surface area contributed by atoms with Crippen molar-refractivity contribution in [3.8, 4) is 0 Å². The molecule has 0 aliphatic heterocycles. The van der Waals surface area contributed by atoms with Gasteiger partial charge >= 0.3 is 5.97 Å². The van der Waals surface area contributed by atoms with Crippen molar-refractivity contribution in [3.63, 3.8) is 0 Å². The Morgan fingerprint density at radius 2 is 2.08 bits per heavy atom. The molecule has 1 heterocycles. The fraction of sp³-hybridized carbons (Fsp3) is 0.222. The van der Waals surface area contributed by atoms with Gasteiger partial charge in [0, 0.05) is 5.69 Å². The Hall–Kier alpha value is -2.11. The Morgan fingerprint density at radius 3 is 2.67 bits per heavy atom. The Morgan fingerprint density at radius 1 is 1.38 bits per heavy atom. The molecule has 0 aliphatic carbocycles. The van der Waals surface area contributed by atoms with Crippen molar-refractivity contribution in [2.24, 2.45) is 0 Å². The number of hydrogen-bond donors (Lipinski definition) is 1. The molecule has 0 unspecified atom stereocenters. The quantitative estimate of drug-likeness (QED) is 0.452. The highest BCUT2D eigenvalue weighted by Gasteiger charge is 2.22. The number of aryl methyl sites for hydroxylation is 1. The summed E-state index contributed by atoms with van der Waals surface area (Å²) in [4.78, 5) is 12.8. The lowest BCUT2D eigenvalue weighted by molar-refractivity contribution is 0.0175. The van der Waals surface area contributed by atoms with Gasteiger partial charge in [-0.2, -0.15) is 0 Å². The van der Waals surface area contributed by atoms with E-state index in [9.17, 15) is 4.79 Å². The highest BCUT2D eigenvalue weighted by atomic mass is 35.5. The molecule has 0 radical (unpaired) electrons. The average Bonchev–Trinajstić information content (AvgIpc) is 2.95. The van der Waals surface area contributed by atoms with Gasteiger partial charge in [-0.15, -0.1) is 0 Å². The van der Waals surface area contributed by atoms with E-state index in [0.29, 0.717) is 21.5 Å². The van der Waals surface area contributed by atoms with E-state index in [1.807, 2.05) is 6.92 Å². The fourth-order valence-electron chi connectivity index (χ4n) is 1.91. The maximum Gasteiger partial charge on any atom is 0.340 e. The number of nitrogens with one attached hydrogen (secondary N) is 1. The van der Waals surface area contributed by atoms with Crippen molar-refractivity contribution in [1.82, 2.24) is 0 Å². The van der Waals surface area contributed by atoms with Gasteiger partial charge in [0.25, 0.3) is 0 Å². The number of benzene rings is 1. The van der Waals surface area contributed by atoms with Crippen LogP contribution in [-0.2, 0) is 4.74 Å². The zero-order valence-corrected chi connectivity index (χ0v) is 15.3. The summed E-state index contributed by atoms with van der Waals surface area (Å²) in [6.45, 7) is 8.95. The number of halogens is 1. The summed E-state index contributed by atoms with van der Waals surface area (Å²) < 4.78 is 10.6. The number of anilines is 1. The Kier molecular flexibility index (Phi) is 5.47. The van der Waals surface area contributed by atoms with Gasteiger partial charge in [-0.05, 0) is 51.1 Å². The summed E-state index contributed by atoms with van der Waals surface area (Å²) in [6, 6.07) is 6.74. The second kappa shape index (κ2) is 7.20. The number of rotatable bonds is 5. The number of carbonyl (C=O) groups is 1. The van der Waals surface area contributed by atoms with Gasteiger partial charge in [-0.25, -0.2) is 4.79 Å². The summed E-state index contributed by atoms with van der Waals surface area (Å²) in [7, 11) is 0. The van der Waals surface area contributed by atoms with Crippen LogP contribution in [0.25, 0.3) is 0 Å². The monoisotopic (exact) mass is 363 g/mol. The SMILES string of the molecule is C=CC(C)(C)OC(=O)c1cc(NC(=S)c2ccoc2C)ccc1Cl. The number of hydrogen-bond acceptors (Lipinski definition) is 4. The van der Waals surface area contributed by atoms with Crippen molar-refractivity contribution in [3.05, 3.63) is 65.1 Å². The number of furan rings is 1. The molecule has 0 saturated carbocycles. The standard InChI is InChI=1S/C18H18ClNO3S/c1-5-18(3,4)23-17(21)14-10-12(6-7-15(14)19)20-16(24)13-8-9-22-11(13)2/h5-10H,1H2,2-4H3,(H,20,24). The van der Waals surface area contributed by atoms with E-state index in [2.05, 4.69) is 11.9 Å². The molecule has 0 atom stereocenters. The van der Waals surface area contributed by atoms with E-state index in [1.165, 1.54) is 0 Å². The van der Waals surface area contributed by atoms with Crippen LogP contribution in [0.5, 0.6) is 0 Å². The molecule has 0 aliphatic rings. The summed E-state index contributed by atoms with van der Waals surface area (Å²) in [6.07, 6.45) is 3.12. The number of esters is 1. The molecule has 0 amide bonds. The van der Waals surface area contributed by atoms with Crippen LogP contribution >= 0.6 is 23.8 Å². The third kappa shape index (κ3) is 4.24. The van der Waals surface area contributed by atoms with Gasteiger partial charge in [0.1, 0.15) is 16.3 Å². The second-order valence-corrected chi connectivity index (χ2v) is 6.55. The van der Waals surface area contributed by atoms with Crippen molar-refractivity contribution in [2.75, 3.05) is 5.32 Å². The molecule has 0 saturated heterocycles. The van der Waals surface area contributed by atoms with Gasteiger partial charge < -0.3 is 14.5 Å². The van der Waals surface area contributed by atoms with Crippen LogP contribution < -0.4 is 5.32 Å². The van der Waals surface area contributed by atoms with E-state index in [1.54, 1.807) is 50.5 Å². The molecule has 0 bridgehead atoms. The van der Waals surface area contributed by atoms with E-state index < -0.39 is 11.6 Å². The molecule has 126 valence electrons. The summed E-state index contributed by atoms with van der Waals surface area (Å²) in [5.41, 5.74) is 0.890. The lowest BCUT2D eigenvalue weighted by atomic mass is 10.1. The zero-order valence-electron chi connectivity index (χ0n) is 13.7. The molecule has 1 N–H and O–H groups in total. The number of carbonyl (C=O) groups excluding carboxylic acids is 1. The van der Waals surface area contributed by atoms with Gasteiger partial charge in [0.2, 0.25) is 0 Å². The van der Waals surface area contributed by atoms with Crippen LogP contribution in [0.4, 0.5) is 5.69 Å². The zero-order chi connectivity index (χ0) is 17.9. The molecular formula is C18H18ClNO3S. The molecule has 24 heavy (non-hydrogen) atoms. The normalized spacial score (nSPS) is 11.0. The minimum atomic E-state index is -0.785. The van der Waals surface area contributed by atoms with Crippen molar-refractivity contribution in [1.29, 1.82) is 0 Å². The predicted molar refractivity (Wildman–Crippen MR) is 99.9 cm³/mol. The highest BCUT2D eigenvalue weighted by molar-refractivity contribution is 7.81. The second-order valence-electron chi connectivity index (χ2n) is 5.74. The third-order valence-electron chi connectivity index (χ3n) is 3.39. The lowest BCUT2D eigenvalue weighted by Gasteiger charge is -2.21. The van der Waals surface area contributed by atoms with E-state index in [-0.39, 0.29) is 5.56 Å². The van der Waals surface area contributed by atoms with E-state index >= 15 is 0 Å². The van der Waals surface area contributed by atoms with Gasteiger partial charge in [-0.3, -0.25) is 0 Å². The van der Waals surface area contributed by atoms with Gasteiger partial charge in [-0.1, -0.05) is 30.4 Å². The molecular weight excluding hydrogens is 346 g/mol. The molecule has 6 heteroatoms. The minimum Gasteiger partial charge on any atom is -0.469 e. The molecule has 0 fully saturated rings. The van der Waals surface area contributed by atoms with Crippen LogP contribution in [0, 0.1) is 6.92 Å². The molecule has 0 spiro atoms. The number of ether oxygens (including phenoxy) is 1. The predicted octanol–water partition coefficient (Wildman–Crippen LogP) is 5.15. The Labute approximate surface area is 151 Å². The highest BCUT2D eigenvalue weighted by Crippen LogP contribution is 2.24. The van der Waals surface area contributed by atoms with Crippen molar-refractivity contribution < 1.29 is 13.9 Å². The van der Waals surface area contributed by atoms with Crippen molar-refractivity contribution >= 4 is 40.5 Å². The molecule has 1 aromatic heterocycles. The van der Waals surface area contributed by atoms with Crippen LogP contribution in [0.15, 0.2) is 47.6 Å². The first-order valence-electron chi connectivity index (χ1n) is 7.25.